The maximum absolute atomic E-state index is 12.5. The van der Waals surface area contributed by atoms with E-state index in [9.17, 15) is 14.4 Å². The Kier molecular flexibility index (Phi) is 5.73. The third-order valence-corrected chi connectivity index (χ3v) is 7.64. The van der Waals surface area contributed by atoms with Gasteiger partial charge in [-0.3, -0.25) is 14.4 Å². The second kappa shape index (κ2) is 8.16. The van der Waals surface area contributed by atoms with Crippen molar-refractivity contribution in [3.05, 3.63) is 34.4 Å². The summed E-state index contributed by atoms with van der Waals surface area (Å²) >= 11 is 0. The summed E-state index contributed by atoms with van der Waals surface area (Å²) in [5.74, 6) is 1.55. The van der Waals surface area contributed by atoms with Gasteiger partial charge in [-0.1, -0.05) is 6.07 Å². The molecule has 1 aromatic rings. The average molecular weight is 412 g/mol. The van der Waals surface area contributed by atoms with Gasteiger partial charge < -0.3 is 10.1 Å². The summed E-state index contributed by atoms with van der Waals surface area (Å²) < 4.78 is 5.12. The normalized spacial score (nSPS) is 29.0. The molecule has 4 fully saturated rings. The van der Waals surface area contributed by atoms with Crippen molar-refractivity contribution in [2.75, 3.05) is 13.2 Å². The molecule has 1 aromatic carbocycles. The van der Waals surface area contributed by atoms with E-state index in [0.717, 1.165) is 34.4 Å². The number of nitrogens with one attached hydrogen (secondary N) is 1. The minimum Gasteiger partial charge on any atom is -0.456 e. The quantitative estimate of drug-likeness (QED) is 0.542. The molecule has 0 atom stereocenters. The van der Waals surface area contributed by atoms with Crippen LogP contribution in [-0.2, 0) is 14.3 Å². The van der Waals surface area contributed by atoms with Crippen LogP contribution in [0.4, 0.5) is 0 Å². The predicted octanol–water partition coefficient (Wildman–Crippen LogP) is 4.06. The first kappa shape index (κ1) is 21.1. The molecule has 0 aliphatic heterocycles. The molecule has 5 rings (SSSR count). The van der Waals surface area contributed by atoms with E-state index in [0.29, 0.717) is 12.0 Å². The van der Waals surface area contributed by atoms with E-state index in [-0.39, 0.29) is 30.3 Å². The van der Waals surface area contributed by atoms with Gasteiger partial charge >= 0.3 is 5.97 Å². The zero-order chi connectivity index (χ0) is 21.5. The fraction of sp³-hybridized carbons (Fsp3) is 0.640. The summed E-state index contributed by atoms with van der Waals surface area (Å²) in [6, 6.07) is 3.81. The number of aryl methyl sites for hydroxylation is 3. The lowest BCUT2D eigenvalue weighted by atomic mass is 9.49. The van der Waals surface area contributed by atoms with E-state index in [4.69, 9.17) is 4.74 Å². The largest absolute Gasteiger partial charge is 0.456 e. The van der Waals surface area contributed by atoms with Crippen molar-refractivity contribution in [3.8, 4) is 0 Å². The first-order valence-corrected chi connectivity index (χ1v) is 11.3. The number of hydrogen-bond donors (Lipinski definition) is 1. The van der Waals surface area contributed by atoms with Crippen molar-refractivity contribution in [1.29, 1.82) is 0 Å². The fourth-order valence-corrected chi connectivity index (χ4v) is 6.62. The molecule has 5 nitrogen and oxygen atoms in total. The Balaban J connectivity index is 1.23. The SMILES string of the molecule is Cc1cc(C)c(C(=O)COC(=O)CNC(=O)CC23CC4CC(CC(C4)C2)C3)cc1C. The van der Waals surface area contributed by atoms with E-state index in [1.54, 1.807) is 0 Å². The molecule has 4 aliphatic carbocycles. The van der Waals surface area contributed by atoms with Crippen LogP contribution in [0.3, 0.4) is 0 Å². The molecule has 1 N–H and O–H groups in total. The Morgan fingerprint density at radius 3 is 2.10 bits per heavy atom. The van der Waals surface area contributed by atoms with Crippen LogP contribution in [0.15, 0.2) is 12.1 Å². The number of hydrogen-bond acceptors (Lipinski definition) is 4. The summed E-state index contributed by atoms with van der Waals surface area (Å²) in [6.45, 7) is 5.36. The molecular formula is C25H33NO4. The standard InChI is InChI=1S/C25H33NO4/c1-15-4-17(3)21(5-16(15)2)22(27)14-30-24(29)13-26-23(28)12-25-9-18-6-19(10-25)8-20(7-18)11-25/h4-5,18-20H,6-14H2,1-3H3,(H,26,28). The molecule has 5 heteroatoms. The molecule has 1 amide bonds. The molecule has 4 bridgehead atoms. The minimum absolute atomic E-state index is 0.0646. The van der Waals surface area contributed by atoms with Crippen LogP contribution >= 0.6 is 0 Å². The van der Waals surface area contributed by atoms with Crippen LogP contribution in [0.2, 0.25) is 0 Å². The van der Waals surface area contributed by atoms with Crippen LogP contribution in [0.5, 0.6) is 0 Å². The lowest BCUT2D eigenvalue weighted by Gasteiger charge is -2.56. The lowest BCUT2D eigenvalue weighted by Crippen LogP contribution is -2.48. The molecule has 4 saturated carbocycles. The molecule has 30 heavy (non-hydrogen) atoms. The highest BCUT2D eigenvalue weighted by Gasteiger charge is 2.51. The molecular weight excluding hydrogens is 378 g/mol. The van der Waals surface area contributed by atoms with Gasteiger partial charge in [-0.15, -0.1) is 0 Å². The highest BCUT2D eigenvalue weighted by Crippen LogP contribution is 2.61. The van der Waals surface area contributed by atoms with Gasteiger partial charge in [-0.2, -0.15) is 0 Å². The van der Waals surface area contributed by atoms with Crippen molar-refractivity contribution >= 4 is 17.7 Å². The summed E-state index contributed by atoms with van der Waals surface area (Å²) in [5.41, 5.74) is 3.77. The number of ketones is 1. The van der Waals surface area contributed by atoms with Crippen molar-refractivity contribution < 1.29 is 19.1 Å². The zero-order valence-corrected chi connectivity index (χ0v) is 18.4. The topological polar surface area (TPSA) is 72.5 Å². The van der Waals surface area contributed by atoms with Crippen molar-refractivity contribution in [1.82, 2.24) is 5.32 Å². The van der Waals surface area contributed by atoms with Gasteiger partial charge in [0.2, 0.25) is 11.7 Å². The first-order chi connectivity index (χ1) is 14.2. The summed E-state index contributed by atoms with van der Waals surface area (Å²) in [7, 11) is 0. The van der Waals surface area contributed by atoms with Gasteiger partial charge in [-0.05, 0) is 105 Å². The van der Waals surface area contributed by atoms with E-state index in [2.05, 4.69) is 5.32 Å². The van der Waals surface area contributed by atoms with E-state index in [1.807, 2.05) is 32.9 Å². The van der Waals surface area contributed by atoms with E-state index in [1.165, 1.54) is 38.5 Å². The molecule has 162 valence electrons. The van der Waals surface area contributed by atoms with Crippen LogP contribution in [-0.4, -0.2) is 30.8 Å². The number of ether oxygens (including phenoxy) is 1. The highest BCUT2D eigenvalue weighted by atomic mass is 16.5. The van der Waals surface area contributed by atoms with Crippen molar-refractivity contribution in [3.63, 3.8) is 0 Å². The monoisotopic (exact) mass is 411 g/mol. The second-order valence-corrected chi connectivity index (χ2v) is 10.2. The van der Waals surface area contributed by atoms with Crippen molar-refractivity contribution in [2.45, 2.75) is 65.7 Å². The molecule has 0 aromatic heterocycles. The first-order valence-electron chi connectivity index (χ1n) is 11.3. The zero-order valence-electron chi connectivity index (χ0n) is 18.4. The van der Waals surface area contributed by atoms with Crippen LogP contribution in [0.1, 0.15) is 72.0 Å². The third-order valence-electron chi connectivity index (χ3n) is 7.64. The smallest absolute Gasteiger partial charge is 0.325 e. The molecule has 0 radical (unpaired) electrons. The molecule has 0 spiro atoms. The van der Waals surface area contributed by atoms with Crippen molar-refractivity contribution in [2.24, 2.45) is 23.2 Å². The number of Topliss-reactive ketones (excluding diaryl/α,β-unsaturated/α-hetero) is 1. The van der Waals surface area contributed by atoms with Gasteiger partial charge in [-0.25, -0.2) is 0 Å². The predicted molar refractivity (Wildman–Crippen MR) is 114 cm³/mol. The Morgan fingerprint density at radius 2 is 1.50 bits per heavy atom. The maximum Gasteiger partial charge on any atom is 0.325 e. The molecule has 0 unspecified atom stereocenters. The van der Waals surface area contributed by atoms with Crippen LogP contribution < -0.4 is 5.32 Å². The second-order valence-electron chi connectivity index (χ2n) is 10.2. The van der Waals surface area contributed by atoms with Crippen LogP contribution in [0, 0.1) is 43.9 Å². The number of carbonyl (C=O) groups excluding carboxylic acids is 3. The summed E-state index contributed by atoms with van der Waals surface area (Å²) in [4.78, 5) is 37.0. The van der Waals surface area contributed by atoms with Gasteiger partial charge in [0.25, 0.3) is 0 Å². The molecule has 4 aliphatic rings. The van der Waals surface area contributed by atoms with Gasteiger partial charge in [0.1, 0.15) is 6.54 Å². The summed E-state index contributed by atoms with van der Waals surface area (Å²) in [5, 5.41) is 2.72. The minimum atomic E-state index is -0.566. The van der Waals surface area contributed by atoms with Gasteiger partial charge in [0.05, 0.1) is 0 Å². The van der Waals surface area contributed by atoms with Crippen LogP contribution in [0.25, 0.3) is 0 Å². The molecule has 0 heterocycles. The number of carbonyl (C=O) groups is 3. The van der Waals surface area contributed by atoms with Gasteiger partial charge in [0.15, 0.2) is 6.61 Å². The Labute approximate surface area is 178 Å². The number of esters is 1. The lowest BCUT2D eigenvalue weighted by molar-refractivity contribution is -0.143. The average Bonchev–Trinajstić information content (AvgIpc) is 2.66. The third kappa shape index (κ3) is 4.45. The highest BCUT2D eigenvalue weighted by molar-refractivity contribution is 5.99. The van der Waals surface area contributed by atoms with E-state index < -0.39 is 5.97 Å². The fourth-order valence-electron chi connectivity index (χ4n) is 6.62. The Hall–Kier alpha value is -2.17. The Bertz CT molecular complexity index is 837. The molecule has 0 saturated heterocycles. The number of rotatable bonds is 7. The summed E-state index contributed by atoms with van der Waals surface area (Å²) in [6.07, 6.45) is 8.07. The van der Waals surface area contributed by atoms with E-state index >= 15 is 0 Å². The van der Waals surface area contributed by atoms with Gasteiger partial charge in [0, 0.05) is 12.0 Å². The number of amides is 1. The Morgan fingerprint density at radius 1 is 0.933 bits per heavy atom. The number of benzene rings is 1. The maximum atomic E-state index is 12.5.